The van der Waals surface area contributed by atoms with Crippen LogP contribution in [0.2, 0.25) is 0 Å². The van der Waals surface area contributed by atoms with Gasteiger partial charge < -0.3 is 9.72 Å². The standard InChI is InChI=1S/C18H18N2O/c1-2-8-15-13(5-1)6-4-10-17(15)21-11-14-7-3-9-16-18(14)20-12-19-16/h1-2,4-6,8,10,12,14H,3,7,9,11H2,(H,19,20). The second kappa shape index (κ2) is 5.24. The Labute approximate surface area is 124 Å². The highest BCUT2D eigenvalue weighted by Gasteiger charge is 2.23. The maximum absolute atomic E-state index is 6.13. The predicted molar refractivity (Wildman–Crippen MR) is 83.7 cm³/mol. The van der Waals surface area contributed by atoms with Crippen molar-refractivity contribution in [1.29, 1.82) is 0 Å². The highest BCUT2D eigenvalue weighted by Crippen LogP contribution is 2.31. The SMILES string of the molecule is c1ccc2c(OCC3CCCc4[nH]cnc43)cccc2c1. The molecule has 0 radical (unpaired) electrons. The van der Waals surface area contributed by atoms with Crippen LogP contribution in [0.25, 0.3) is 10.8 Å². The quantitative estimate of drug-likeness (QED) is 0.784. The third-order valence-electron chi connectivity index (χ3n) is 4.31. The van der Waals surface area contributed by atoms with E-state index in [0.29, 0.717) is 12.5 Å². The normalized spacial score (nSPS) is 17.6. The van der Waals surface area contributed by atoms with Crippen LogP contribution in [0.5, 0.6) is 5.75 Å². The third kappa shape index (κ3) is 2.29. The summed E-state index contributed by atoms with van der Waals surface area (Å²) < 4.78 is 6.13. The largest absolute Gasteiger partial charge is 0.492 e. The molecule has 0 saturated carbocycles. The summed E-state index contributed by atoms with van der Waals surface area (Å²) in [7, 11) is 0. The molecular weight excluding hydrogens is 260 g/mol. The van der Waals surface area contributed by atoms with Gasteiger partial charge in [-0.15, -0.1) is 0 Å². The van der Waals surface area contributed by atoms with E-state index in [2.05, 4.69) is 52.4 Å². The van der Waals surface area contributed by atoms with E-state index in [9.17, 15) is 0 Å². The lowest BCUT2D eigenvalue weighted by Crippen LogP contribution is -2.16. The van der Waals surface area contributed by atoms with Crippen molar-refractivity contribution in [2.24, 2.45) is 0 Å². The number of aromatic nitrogens is 2. The van der Waals surface area contributed by atoms with Crippen LogP contribution in [-0.4, -0.2) is 16.6 Å². The van der Waals surface area contributed by atoms with E-state index in [1.54, 1.807) is 6.33 Å². The number of fused-ring (bicyclic) bond motifs is 2. The van der Waals surface area contributed by atoms with Crippen molar-refractivity contribution in [3.63, 3.8) is 0 Å². The first-order chi connectivity index (χ1) is 10.4. The Kier molecular flexibility index (Phi) is 3.11. The Balaban J connectivity index is 1.57. The molecule has 21 heavy (non-hydrogen) atoms. The summed E-state index contributed by atoms with van der Waals surface area (Å²) in [6, 6.07) is 14.6. The van der Waals surface area contributed by atoms with Gasteiger partial charge in [-0.05, 0) is 30.7 Å². The number of rotatable bonds is 3. The summed E-state index contributed by atoms with van der Waals surface area (Å²) >= 11 is 0. The van der Waals surface area contributed by atoms with Gasteiger partial charge in [0.05, 0.1) is 18.6 Å². The fourth-order valence-corrected chi connectivity index (χ4v) is 3.22. The number of H-pyrrole nitrogens is 1. The van der Waals surface area contributed by atoms with Gasteiger partial charge in [0.25, 0.3) is 0 Å². The van der Waals surface area contributed by atoms with Crippen molar-refractivity contribution in [2.45, 2.75) is 25.2 Å². The van der Waals surface area contributed by atoms with Crippen LogP contribution < -0.4 is 4.74 Å². The van der Waals surface area contributed by atoms with E-state index < -0.39 is 0 Å². The maximum atomic E-state index is 6.13. The number of benzene rings is 2. The van der Waals surface area contributed by atoms with Gasteiger partial charge in [-0.2, -0.15) is 0 Å². The van der Waals surface area contributed by atoms with Gasteiger partial charge in [-0.1, -0.05) is 36.4 Å². The van der Waals surface area contributed by atoms with Gasteiger partial charge in [0.2, 0.25) is 0 Å². The van der Waals surface area contributed by atoms with E-state index in [4.69, 9.17) is 4.74 Å². The summed E-state index contributed by atoms with van der Waals surface area (Å²) in [5.74, 6) is 1.37. The van der Waals surface area contributed by atoms with Crippen molar-refractivity contribution in [3.8, 4) is 5.75 Å². The molecule has 0 spiro atoms. The molecule has 3 aromatic rings. The molecule has 0 bridgehead atoms. The smallest absolute Gasteiger partial charge is 0.127 e. The number of nitrogens with zero attached hydrogens (tertiary/aromatic N) is 1. The molecule has 3 nitrogen and oxygen atoms in total. The average Bonchev–Trinajstić information content (AvgIpc) is 3.02. The molecule has 0 amide bonds. The Morgan fingerprint density at radius 3 is 3.05 bits per heavy atom. The molecule has 0 saturated heterocycles. The van der Waals surface area contributed by atoms with E-state index in [1.165, 1.54) is 28.6 Å². The van der Waals surface area contributed by atoms with Crippen LogP contribution >= 0.6 is 0 Å². The molecule has 4 rings (SSSR count). The first-order valence-corrected chi connectivity index (χ1v) is 7.54. The molecule has 1 heterocycles. The van der Waals surface area contributed by atoms with Crippen molar-refractivity contribution in [2.75, 3.05) is 6.61 Å². The second-order valence-electron chi connectivity index (χ2n) is 5.64. The summed E-state index contributed by atoms with van der Waals surface area (Å²) in [6.07, 6.45) is 5.28. The fourth-order valence-electron chi connectivity index (χ4n) is 3.22. The van der Waals surface area contributed by atoms with Gasteiger partial charge in [0, 0.05) is 17.0 Å². The van der Waals surface area contributed by atoms with Crippen LogP contribution in [0.15, 0.2) is 48.8 Å². The predicted octanol–water partition coefficient (Wildman–Crippen LogP) is 4.06. The zero-order chi connectivity index (χ0) is 14.1. The molecule has 106 valence electrons. The molecule has 0 aliphatic heterocycles. The van der Waals surface area contributed by atoms with Crippen molar-refractivity contribution in [3.05, 3.63) is 60.2 Å². The Morgan fingerprint density at radius 2 is 2.05 bits per heavy atom. The van der Waals surface area contributed by atoms with E-state index in [-0.39, 0.29) is 0 Å². The number of imidazole rings is 1. The summed E-state index contributed by atoms with van der Waals surface area (Å²) in [6.45, 7) is 0.700. The van der Waals surface area contributed by atoms with Gasteiger partial charge in [-0.3, -0.25) is 0 Å². The minimum Gasteiger partial charge on any atom is -0.492 e. The summed E-state index contributed by atoms with van der Waals surface area (Å²) in [4.78, 5) is 7.73. The molecule has 3 heteroatoms. The van der Waals surface area contributed by atoms with Crippen LogP contribution in [0, 0.1) is 0 Å². The Hall–Kier alpha value is -2.29. The van der Waals surface area contributed by atoms with Crippen molar-refractivity contribution in [1.82, 2.24) is 9.97 Å². The Morgan fingerprint density at radius 1 is 1.14 bits per heavy atom. The van der Waals surface area contributed by atoms with Crippen molar-refractivity contribution >= 4 is 10.8 Å². The van der Waals surface area contributed by atoms with Gasteiger partial charge in [0.15, 0.2) is 0 Å². The summed E-state index contributed by atoms with van der Waals surface area (Å²) in [5, 5.41) is 2.40. The second-order valence-corrected chi connectivity index (χ2v) is 5.64. The minimum absolute atomic E-state index is 0.402. The van der Waals surface area contributed by atoms with Crippen LogP contribution in [0.3, 0.4) is 0 Å². The van der Waals surface area contributed by atoms with Crippen LogP contribution in [0.1, 0.15) is 30.1 Å². The number of hydrogen-bond donors (Lipinski definition) is 1. The topological polar surface area (TPSA) is 37.9 Å². The summed E-state index contributed by atoms with van der Waals surface area (Å²) in [5.41, 5.74) is 2.48. The first-order valence-electron chi connectivity index (χ1n) is 7.54. The number of nitrogens with one attached hydrogen (secondary N) is 1. The number of ether oxygens (including phenoxy) is 1. The van der Waals surface area contributed by atoms with E-state index in [0.717, 1.165) is 18.6 Å². The Bertz CT molecular complexity index is 757. The zero-order valence-electron chi connectivity index (χ0n) is 11.9. The van der Waals surface area contributed by atoms with E-state index >= 15 is 0 Å². The molecule has 2 aromatic carbocycles. The number of aryl methyl sites for hydroxylation is 1. The van der Waals surface area contributed by atoms with Gasteiger partial charge in [-0.25, -0.2) is 4.98 Å². The third-order valence-corrected chi connectivity index (χ3v) is 4.31. The molecular formula is C18H18N2O. The zero-order valence-corrected chi connectivity index (χ0v) is 11.9. The lowest BCUT2D eigenvalue weighted by Gasteiger charge is -2.21. The monoisotopic (exact) mass is 278 g/mol. The van der Waals surface area contributed by atoms with Gasteiger partial charge >= 0.3 is 0 Å². The minimum atomic E-state index is 0.402. The molecule has 1 unspecified atom stereocenters. The maximum Gasteiger partial charge on any atom is 0.127 e. The van der Waals surface area contributed by atoms with E-state index in [1.807, 2.05) is 0 Å². The number of aromatic amines is 1. The number of hydrogen-bond acceptors (Lipinski definition) is 2. The fraction of sp³-hybridized carbons (Fsp3) is 0.278. The first kappa shape index (κ1) is 12.5. The van der Waals surface area contributed by atoms with Crippen molar-refractivity contribution < 1.29 is 4.74 Å². The lowest BCUT2D eigenvalue weighted by molar-refractivity contribution is 0.275. The van der Waals surface area contributed by atoms with Crippen LogP contribution in [-0.2, 0) is 6.42 Å². The van der Waals surface area contributed by atoms with Gasteiger partial charge in [0.1, 0.15) is 5.75 Å². The lowest BCUT2D eigenvalue weighted by atomic mass is 9.90. The highest BCUT2D eigenvalue weighted by molar-refractivity contribution is 5.88. The highest BCUT2D eigenvalue weighted by atomic mass is 16.5. The molecule has 0 fully saturated rings. The molecule has 1 aliphatic carbocycles. The van der Waals surface area contributed by atoms with Crippen LogP contribution in [0.4, 0.5) is 0 Å². The molecule has 1 aliphatic rings. The molecule has 1 aromatic heterocycles. The molecule has 1 atom stereocenters. The average molecular weight is 278 g/mol. The molecule has 1 N–H and O–H groups in total.